The van der Waals surface area contributed by atoms with Crippen molar-refractivity contribution in [1.82, 2.24) is 0 Å². The molecule has 19 heavy (non-hydrogen) atoms. The molecule has 0 spiro atoms. The largest absolute Gasteiger partial charge is 0.365 e. The molecule has 1 aromatic rings. The van der Waals surface area contributed by atoms with E-state index in [4.69, 9.17) is 0 Å². The van der Waals surface area contributed by atoms with E-state index in [9.17, 15) is 26.7 Å². The number of benzene rings is 1. The van der Waals surface area contributed by atoms with E-state index in [1.165, 1.54) is 6.42 Å². The maximum atomic E-state index is 12.6. The van der Waals surface area contributed by atoms with Gasteiger partial charge in [0.2, 0.25) is 5.82 Å². The highest BCUT2D eigenvalue weighted by Crippen LogP contribution is 2.22. The van der Waals surface area contributed by atoms with Gasteiger partial charge in [0.1, 0.15) is 5.56 Å². The van der Waals surface area contributed by atoms with E-state index >= 15 is 0 Å². The highest BCUT2D eigenvalue weighted by molar-refractivity contribution is 5.93. The Morgan fingerprint density at radius 1 is 0.842 bits per heavy atom. The summed E-state index contributed by atoms with van der Waals surface area (Å²) in [5.41, 5.74) is 2.79. The number of carbonyl (C=O) groups excluding carboxylic acids is 1. The van der Waals surface area contributed by atoms with Crippen LogP contribution < -0.4 is 5.73 Å². The Bertz CT molecular complexity index is 406. The summed E-state index contributed by atoms with van der Waals surface area (Å²) in [6, 6.07) is 0. The van der Waals surface area contributed by atoms with E-state index in [0.29, 0.717) is 0 Å². The van der Waals surface area contributed by atoms with Gasteiger partial charge >= 0.3 is 0 Å². The average Bonchev–Trinajstić information content (AvgIpc) is 2.37. The van der Waals surface area contributed by atoms with Gasteiger partial charge < -0.3 is 5.73 Å². The number of primary amides is 1. The molecule has 0 aliphatic carbocycles. The zero-order chi connectivity index (χ0) is 15.7. The van der Waals surface area contributed by atoms with Crippen molar-refractivity contribution in [2.75, 3.05) is 0 Å². The molecule has 0 atom stereocenters. The standard InChI is InChI=1S/C7H2F5NO.C3H8.C2H6/c8-2-1(7(13)14)3(9)5(11)6(12)4(2)10;1-3-2;1-2/h(H2,13,14);3H2,1-2H3;1-2H3. The van der Waals surface area contributed by atoms with Crippen LogP contribution in [0.5, 0.6) is 0 Å². The third-order valence-corrected chi connectivity index (χ3v) is 1.46. The van der Waals surface area contributed by atoms with E-state index in [-0.39, 0.29) is 0 Å². The van der Waals surface area contributed by atoms with Crippen molar-refractivity contribution < 1.29 is 26.7 Å². The van der Waals surface area contributed by atoms with E-state index in [1.807, 2.05) is 13.8 Å². The molecule has 0 fully saturated rings. The molecule has 7 heteroatoms. The average molecular weight is 285 g/mol. The van der Waals surface area contributed by atoms with Gasteiger partial charge in [-0.1, -0.05) is 34.1 Å². The lowest BCUT2D eigenvalue weighted by molar-refractivity contribution is 0.0989. The summed E-state index contributed by atoms with van der Waals surface area (Å²) >= 11 is 0. The summed E-state index contributed by atoms with van der Waals surface area (Å²) in [7, 11) is 0. The van der Waals surface area contributed by atoms with Gasteiger partial charge in [0, 0.05) is 0 Å². The smallest absolute Gasteiger partial charge is 0.254 e. The maximum Gasteiger partial charge on any atom is 0.254 e. The third kappa shape index (κ3) is 4.84. The minimum absolute atomic E-state index is 1.25. The summed E-state index contributed by atoms with van der Waals surface area (Å²) in [6.45, 7) is 8.25. The van der Waals surface area contributed by atoms with Crippen LogP contribution in [-0.2, 0) is 0 Å². The molecule has 0 saturated carbocycles. The molecule has 1 amide bonds. The first-order valence-electron chi connectivity index (χ1n) is 5.60. The van der Waals surface area contributed by atoms with Crippen LogP contribution in [0, 0.1) is 29.1 Å². The van der Waals surface area contributed by atoms with E-state index in [1.54, 1.807) is 0 Å². The molecule has 2 N–H and O–H groups in total. The monoisotopic (exact) mass is 285 g/mol. The van der Waals surface area contributed by atoms with Gasteiger partial charge in [0.15, 0.2) is 23.3 Å². The predicted octanol–water partition coefficient (Wildman–Crippen LogP) is 3.92. The van der Waals surface area contributed by atoms with Gasteiger partial charge in [-0.3, -0.25) is 4.79 Å². The van der Waals surface area contributed by atoms with E-state index < -0.39 is 40.6 Å². The second-order valence-electron chi connectivity index (χ2n) is 3.02. The van der Waals surface area contributed by atoms with Crippen molar-refractivity contribution in [2.45, 2.75) is 34.1 Å². The van der Waals surface area contributed by atoms with Crippen molar-refractivity contribution in [3.8, 4) is 0 Å². The van der Waals surface area contributed by atoms with Gasteiger partial charge in [-0.15, -0.1) is 0 Å². The highest BCUT2D eigenvalue weighted by Gasteiger charge is 2.28. The number of rotatable bonds is 1. The first-order chi connectivity index (χ1) is 8.79. The predicted molar refractivity (Wildman–Crippen MR) is 62.1 cm³/mol. The second kappa shape index (κ2) is 9.29. The molecule has 0 aromatic heterocycles. The summed E-state index contributed by atoms with van der Waals surface area (Å²) in [5, 5.41) is 0. The Morgan fingerprint density at radius 3 is 1.26 bits per heavy atom. The number of halogens is 5. The molecule has 0 bridgehead atoms. The van der Waals surface area contributed by atoms with Crippen LogP contribution in [0.4, 0.5) is 22.0 Å². The third-order valence-electron chi connectivity index (χ3n) is 1.46. The lowest BCUT2D eigenvalue weighted by atomic mass is 10.1. The second-order valence-corrected chi connectivity index (χ2v) is 3.02. The quantitative estimate of drug-likeness (QED) is 0.474. The van der Waals surface area contributed by atoms with Crippen molar-refractivity contribution >= 4 is 5.91 Å². The van der Waals surface area contributed by atoms with Crippen molar-refractivity contribution in [2.24, 2.45) is 5.73 Å². The van der Waals surface area contributed by atoms with Crippen LogP contribution in [-0.4, -0.2) is 5.91 Å². The van der Waals surface area contributed by atoms with Crippen LogP contribution in [0.15, 0.2) is 0 Å². The normalized spacial score (nSPS) is 8.89. The van der Waals surface area contributed by atoms with Gasteiger partial charge in [0.05, 0.1) is 0 Å². The SMILES string of the molecule is CC.CCC.NC(=O)c1c(F)c(F)c(F)c(F)c1F. The number of nitrogens with two attached hydrogens (primary N) is 1. The Labute approximate surface area is 108 Å². The molecular weight excluding hydrogens is 269 g/mol. The molecule has 1 rings (SSSR count). The number of amides is 1. The Hall–Kier alpha value is -1.66. The van der Waals surface area contributed by atoms with Crippen LogP contribution in [0.1, 0.15) is 44.5 Å². The highest BCUT2D eigenvalue weighted by atomic mass is 19.2. The zero-order valence-corrected chi connectivity index (χ0v) is 11.1. The fourth-order valence-electron chi connectivity index (χ4n) is 0.821. The first-order valence-corrected chi connectivity index (χ1v) is 5.60. The Morgan fingerprint density at radius 2 is 1.05 bits per heavy atom. The fourth-order valence-corrected chi connectivity index (χ4v) is 0.821. The van der Waals surface area contributed by atoms with Gasteiger partial charge in [-0.2, -0.15) is 0 Å². The van der Waals surface area contributed by atoms with Crippen molar-refractivity contribution in [3.63, 3.8) is 0 Å². The molecule has 0 heterocycles. The summed E-state index contributed by atoms with van der Waals surface area (Å²) in [4.78, 5) is 10.3. The fraction of sp³-hybridized carbons (Fsp3) is 0.417. The number of hydrogen-bond acceptors (Lipinski definition) is 1. The summed E-state index contributed by atoms with van der Waals surface area (Å²) < 4.78 is 62.4. The lowest BCUT2D eigenvalue weighted by Crippen LogP contribution is -2.19. The molecule has 0 aliphatic heterocycles. The molecule has 2 nitrogen and oxygen atoms in total. The van der Waals surface area contributed by atoms with Gasteiger partial charge in [-0.25, -0.2) is 22.0 Å². The van der Waals surface area contributed by atoms with Crippen LogP contribution >= 0.6 is 0 Å². The van der Waals surface area contributed by atoms with E-state index in [0.717, 1.165) is 0 Å². The number of carbonyl (C=O) groups is 1. The van der Waals surface area contributed by atoms with Crippen molar-refractivity contribution in [1.29, 1.82) is 0 Å². The summed E-state index contributed by atoms with van der Waals surface area (Å²) in [6.07, 6.45) is 1.25. The molecule has 0 aliphatic rings. The van der Waals surface area contributed by atoms with Gasteiger partial charge in [-0.05, 0) is 0 Å². The minimum atomic E-state index is -2.33. The van der Waals surface area contributed by atoms with Crippen LogP contribution in [0.2, 0.25) is 0 Å². The minimum Gasteiger partial charge on any atom is -0.365 e. The molecule has 0 radical (unpaired) electrons. The Kier molecular flexibility index (Phi) is 9.62. The van der Waals surface area contributed by atoms with Crippen LogP contribution in [0.3, 0.4) is 0 Å². The molecular formula is C12H16F5NO. The maximum absolute atomic E-state index is 12.6. The molecule has 0 saturated heterocycles. The number of hydrogen-bond donors (Lipinski definition) is 1. The lowest BCUT2D eigenvalue weighted by Gasteiger charge is -2.03. The Balaban J connectivity index is 0. The summed E-state index contributed by atoms with van der Waals surface area (Å²) in [5.74, 6) is -12.9. The first kappa shape index (κ1) is 19.7. The molecule has 1 aromatic carbocycles. The molecule has 110 valence electrons. The van der Waals surface area contributed by atoms with Crippen LogP contribution in [0.25, 0.3) is 0 Å². The van der Waals surface area contributed by atoms with Crippen molar-refractivity contribution in [3.05, 3.63) is 34.6 Å². The van der Waals surface area contributed by atoms with Gasteiger partial charge in [0.25, 0.3) is 5.91 Å². The van der Waals surface area contributed by atoms with E-state index in [2.05, 4.69) is 19.6 Å². The topological polar surface area (TPSA) is 43.1 Å². The zero-order valence-electron chi connectivity index (χ0n) is 11.1. The molecule has 0 unspecified atom stereocenters.